The Bertz CT molecular complexity index is 1240. The van der Waals surface area contributed by atoms with Crippen molar-refractivity contribution in [2.75, 3.05) is 6.54 Å². The van der Waals surface area contributed by atoms with Gasteiger partial charge in [0.15, 0.2) is 0 Å². The Morgan fingerprint density at radius 1 is 0.971 bits per heavy atom. The van der Waals surface area contributed by atoms with E-state index in [-0.39, 0.29) is 17.9 Å². The first kappa shape index (κ1) is 22.1. The Balaban J connectivity index is 1.47. The summed E-state index contributed by atoms with van der Waals surface area (Å²) in [6.07, 6.45) is 2.78. The van der Waals surface area contributed by atoms with Gasteiger partial charge in [-0.05, 0) is 38.5 Å². The molecule has 2 aliphatic heterocycles. The summed E-state index contributed by atoms with van der Waals surface area (Å²) in [5, 5.41) is 4.56. The fourth-order valence-electron chi connectivity index (χ4n) is 4.93. The third-order valence-corrected chi connectivity index (χ3v) is 6.58. The predicted octanol–water partition coefficient (Wildman–Crippen LogP) is 3.43. The van der Waals surface area contributed by atoms with Gasteiger partial charge in [-0.3, -0.25) is 24.0 Å². The molecule has 1 atom stereocenters. The molecule has 0 radical (unpaired) electrons. The Hall–Kier alpha value is -3.74. The first-order valence-corrected chi connectivity index (χ1v) is 11.6. The van der Waals surface area contributed by atoms with Crippen molar-refractivity contribution in [3.63, 3.8) is 0 Å². The highest BCUT2D eigenvalue weighted by Crippen LogP contribution is 2.29. The van der Waals surface area contributed by atoms with Crippen molar-refractivity contribution in [2.24, 2.45) is 0 Å². The molecule has 5 rings (SSSR count). The van der Waals surface area contributed by atoms with Crippen LogP contribution >= 0.6 is 0 Å². The van der Waals surface area contributed by atoms with Crippen molar-refractivity contribution in [1.29, 1.82) is 0 Å². The van der Waals surface area contributed by atoms with Gasteiger partial charge in [-0.2, -0.15) is 5.10 Å². The van der Waals surface area contributed by atoms with E-state index < -0.39 is 17.9 Å². The van der Waals surface area contributed by atoms with Crippen LogP contribution in [0.3, 0.4) is 0 Å². The summed E-state index contributed by atoms with van der Waals surface area (Å²) in [6.45, 7) is 7.25. The van der Waals surface area contributed by atoms with Crippen LogP contribution in [0.5, 0.6) is 0 Å². The van der Waals surface area contributed by atoms with Crippen LogP contribution in [-0.2, 0) is 29.7 Å². The fourth-order valence-corrected chi connectivity index (χ4v) is 4.93. The molecule has 0 saturated heterocycles. The number of carbonyl (C=O) groups is 3. The summed E-state index contributed by atoms with van der Waals surface area (Å²) in [5.74, 6) is -1.03. The highest BCUT2D eigenvalue weighted by molar-refractivity contribution is 6.22. The number of rotatable bonds is 4. The summed E-state index contributed by atoms with van der Waals surface area (Å²) >= 11 is 0. The predicted molar refractivity (Wildman–Crippen MR) is 127 cm³/mol. The molecule has 3 amide bonds. The lowest BCUT2D eigenvalue weighted by Crippen LogP contribution is -2.53. The number of hydrogen-bond donors (Lipinski definition) is 0. The van der Waals surface area contributed by atoms with E-state index in [0.29, 0.717) is 30.6 Å². The van der Waals surface area contributed by atoms with Crippen LogP contribution < -0.4 is 0 Å². The van der Waals surface area contributed by atoms with Crippen LogP contribution in [0, 0.1) is 0 Å². The third-order valence-electron chi connectivity index (χ3n) is 6.58. The second-order valence-electron chi connectivity index (χ2n) is 9.94. The number of hydrogen-bond acceptors (Lipinski definition) is 4. The van der Waals surface area contributed by atoms with Crippen LogP contribution in [0.1, 0.15) is 58.3 Å². The first-order valence-electron chi connectivity index (χ1n) is 11.6. The lowest BCUT2D eigenvalue weighted by atomic mass is 10.0. The fraction of sp³-hybridized carbons (Fsp3) is 0.333. The zero-order valence-corrected chi connectivity index (χ0v) is 19.7. The number of nitrogens with zero attached hydrogens (tertiary/aromatic N) is 4. The van der Waals surface area contributed by atoms with Gasteiger partial charge in [0, 0.05) is 37.2 Å². The Kier molecular flexibility index (Phi) is 5.35. The molecule has 7 nitrogen and oxygen atoms in total. The lowest BCUT2D eigenvalue weighted by molar-refractivity contribution is -0.136. The van der Waals surface area contributed by atoms with Gasteiger partial charge in [-0.25, -0.2) is 0 Å². The van der Waals surface area contributed by atoms with Crippen molar-refractivity contribution in [3.05, 3.63) is 88.7 Å². The molecule has 3 aromatic rings. The minimum Gasteiger partial charge on any atom is -0.336 e. The van der Waals surface area contributed by atoms with Crippen molar-refractivity contribution in [2.45, 2.75) is 51.7 Å². The molecular weight excluding hydrogens is 428 g/mol. The average molecular weight is 457 g/mol. The number of carbonyl (C=O) groups excluding carboxylic acids is 3. The van der Waals surface area contributed by atoms with Crippen LogP contribution in [-0.4, -0.2) is 49.9 Å². The van der Waals surface area contributed by atoms with E-state index >= 15 is 0 Å². The van der Waals surface area contributed by atoms with Crippen molar-refractivity contribution >= 4 is 17.7 Å². The van der Waals surface area contributed by atoms with Gasteiger partial charge in [0.05, 0.1) is 22.9 Å². The molecule has 0 N–H and O–H groups in total. The second-order valence-corrected chi connectivity index (χ2v) is 9.94. The number of fused-ring (bicyclic) bond motifs is 2. The molecule has 0 saturated carbocycles. The maximum atomic E-state index is 13.9. The SMILES string of the molecule is CC(C)(C)n1ncc2c1CCN(C(=O)C(Cc1ccccc1)N1C(=O)c3ccccc3C1=O)C2. The molecule has 3 heterocycles. The van der Waals surface area contributed by atoms with Crippen LogP contribution in [0.15, 0.2) is 60.8 Å². The average Bonchev–Trinajstić information content (AvgIpc) is 3.37. The molecule has 34 heavy (non-hydrogen) atoms. The van der Waals surface area contributed by atoms with Crippen LogP contribution in [0.2, 0.25) is 0 Å². The quantitative estimate of drug-likeness (QED) is 0.564. The molecule has 1 aromatic heterocycles. The Labute approximate surface area is 199 Å². The largest absolute Gasteiger partial charge is 0.336 e. The Morgan fingerprint density at radius 3 is 2.21 bits per heavy atom. The molecule has 174 valence electrons. The minimum atomic E-state index is -0.908. The number of aromatic nitrogens is 2. The van der Waals surface area contributed by atoms with Gasteiger partial charge in [-0.1, -0.05) is 42.5 Å². The van der Waals surface area contributed by atoms with Gasteiger partial charge < -0.3 is 4.90 Å². The van der Waals surface area contributed by atoms with E-state index in [0.717, 1.165) is 21.7 Å². The summed E-state index contributed by atoms with van der Waals surface area (Å²) < 4.78 is 2.02. The standard InChI is InChI=1S/C27H28N4O3/c1-27(2,3)31-22-13-14-29(17-19(22)16-28-31)26(34)23(15-18-9-5-4-6-10-18)30-24(32)20-11-7-8-12-21(20)25(30)33/h4-12,16,23H,13-15,17H2,1-3H3. The van der Waals surface area contributed by atoms with E-state index in [1.165, 1.54) is 0 Å². The van der Waals surface area contributed by atoms with Crippen LogP contribution in [0.25, 0.3) is 0 Å². The van der Waals surface area contributed by atoms with E-state index in [9.17, 15) is 14.4 Å². The molecular formula is C27H28N4O3. The summed E-state index contributed by atoms with van der Waals surface area (Å²) in [4.78, 5) is 43.3. The zero-order chi connectivity index (χ0) is 24.0. The molecule has 0 fully saturated rings. The highest BCUT2D eigenvalue weighted by Gasteiger charge is 2.44. The first-order chi connectivity index (χ1) is 16.3. The van der Waals surface area contributed by atoms with Gasteiger partial charge in [0.2, 0.25) is 5.91 Å². The second kappa shape index (κ2) is 8.24. The molecule has 7 heteroatoms. The number of benzene rings is 2. The van der Waals surface area contributed by atoms with Crippen molar-refractivity contribution in [1.82, 2.24) is 19.6 Å². The molecule has 0 aliphatic carbocycles. The molecule has 2 aromatic carbocycles. The molecule has 0 bridgehead atoms. The zero-order valence-electron chi connectivity index (χ0n) is 19.7. The Morgan fingerprint density at radius 2 is 1.59 bits per heavy atom. The van der Waals surface area contributed by atoms with E-state index in [1.54, 1.807) is 29.2 Å². The van der Waals surface area contributed by atoms with Crippen molar-refractivity contribution in [3.8, 4) is 0 Å². The third kappa shape index (κ3) is 3.71. The number of imide groups is 1. The lowest BCUT2D eigenvalue weighted by Gasteiger charge is -2.34. The van der Waals surface area contributed by atoms with E-state index in [2.05, 4.69) is 25.9 Å². The topological polar surface area (TPSA) is 75.5 Å². The van der Waals surface area contributed by atoms with E-state index in [1.807, 2.05) is 41.2 Å². The summed E-state index contributed by atoms with van der Waals surface area (Å²) in [7, 11) is 0. The minimum absolute atomic E-state index is 0.143. The number of amides is 3. The maximum absolute atomic E-state index is 13.9. The van der Waals surface area contributed by atoms with Gasteiger partial charge in [0.1, 0.15) is 6.04 Å². The van der Waals surface area contributed by atoms with Gasteiger partial charge in [0.25, 0.3) is 11.8 Å². The normalized spacial score (nSPS) is 16.4. The van der Waals surface area contributed by atoms with Gasteiger partial charge >= 0.3 is 0 Å². The van der Waals surface area contributed by atoms with E-state index in [4.69, 9.17) is 0 Å². The molecule has 2 aliphatic rings. The monoisotopic (exact) mass is 456 g/mol. The van der Waals surface area contributed by atoms with Crippen LogP contribution in [0.4, 0.5) is 0 Å². The highest BCUT2D eigenvalue weighted by atomic mass is 16.2. The summed E-state index contributed by atoms with van der Waals surface area (Å²) in [6, 6.07) is 15.4. The van der Waals surface area contributed by atoms with Crippen molar-refractivity contribution < 1.29 is 14.4 Å². The maximum Gasteiger partial charge on any atom is 0.262 e. The van der Waals surface area contributed by atoms with Gasteiger partial charge in [-0.15, -0.1) is 0 Å². The molecule has 0 spiro atoms. The molecule has 1 unspecified atom stereocenters. The summed E-state index contributed by atoms with van der Waals surface area (Å²) in [5.41, 5.74) is 3.61. The smallest absolute Gasteiger partial charge is 0.262 e.